The van der Waals surface area contributed by atoms with Crippen LogP contribution in [-0.4, -0.2) is 17.3 Å². The van der Waals surface area contributed by atoms with E-state index in [-0.39, 0.29) is 6.04 Å². The molecule has 0 radical (unpaired) electrons. The quantitative estimate of drug-likeness (QED) is 0.798. The predicted octanol–water partition coefficient (Wildman–Crippen LogP) is 3.76. The Kier molecular flexibility index (Phi) is 3.26. The normalized spacial score (nSPS) is 16.0. The van der Waals surface area contributed by atoms with Gasteiger partial charge in [-0.05, 0) is 30.2 Å². The average molecular weight is 307 g/mol. The molecule has 0 spiro atoms. The first kappa shape index (κ1) is 13.8. The van der Waals surface area contributed by atoms with Gasteiger partial charge in [-0.2, -0.15) is 4.98 Å². The molecular weight excluding hydrogens is 290 g/mol. The van der Waals surface area contributed by atoms with Crippen molar-refractivity contribution < 1.29 is 9.26 Å². The maximum atomic E-state index is 5.47. The molecule has 116 valence electrons. The minimum absolute atomic E-state index is 0.0287. The van der Waals surface area contributed by atoms with Crippen molar-refractivity contribution in [1.29, 1.82) is 0 Å². The number of ether oxygens (including phenoxy) is 1. The number of nitrogens with one attached hydrogen (secondary N) is 1. The highest BCUT2D eigenvalue weighted by Crippen LogP contribution is 2.34. The summed E-state index contributed by atoms with van der Waals surface area (Å²) in [5.41, 5.74) is 4.37. The lowest BCUT2D eigenvalue weighted by atomic mass is 10.1. The fourth-order valence-electron chi connectivity index (χ4n) is 2.90. The van der Waals surface area contributed by atoms with Crippen LogP contribution in [0.25, 0.3) is 11.4 Å². The lowest BCUT2D eigenvalue weighted by Crippen LogP contribution is -2.05. The third kappa shape index (κ3) is 2.44. The van der Waals surface area contributed by atoms with Crippen LogP contribution >= 0.6 is 0 Å². The average Bonchev–Trinajstić information content (AvgIpc) is 3.21. The highest BCUT2D eigenvalue weighted by atomic mass is 16.5. The van der Waals surface area contributed by atoms with E-state index in [0.29, 0.717) is 11.7 Å². The van der Waals surface area contributed by atoms with Crippen LogP contribution in [0.4, 0.5) is 5.69 Å². The number of aromatic nitrogens is 2. The second kappa shape index (κ2) is 5.43. The first-order valence-corrected chi connectivity index (χ1v) is 7.57. The van der Waals surface area contributed by atoms with E-state index in [9.17, 15) is 0 Å². The number of benzene rings is 2. The minimum atomic E-state index is 0.0287. The zero-order chi connectivity index (χ0) is 15.8. The Labute approximate surface area is 134 Å². The maximum absolute atomic E-state index is 5.47. The summed E-state index contributed by atoms with van der Waals surface area (Å²) in [4.78, 5) is 4.55. The Hall–Kier alpha value is -2.82. The summed E-state index contributed by atoms with van der Waals surface area (Å²) in [5, 5.41) is 7.54. The van der Waals surface area contributed by atoms with Gasteiger partial charge >= 0.3 is 0 Å². The van der Waals surface area contributed by atoms with Gasteiger partial charge in [0.05, 0.1) is 7.11 Å². The van der Waals surface area contributed by atoms with Gasteiger partial charge in [-0.15, -0.1) is 0 Å². The zero-order valence-corrected chi connectivity index (χ0v) is 13.0. The van der Waals surface area contributed by atoms with Crippen LogP contribution < -0.4 is 10.1 Å². The fraction of sp³-hybridized carbons (Fsp3) is 0.222. The van der Waals surface area contributed by atoms with Crippen LogP contribution in [0.5, 0.6) is 5.75 Å². The lowest BCUT2D eigenvalue weighted by molar-refractivity contribution is 0.364. The third-order valence-corrected chi connectivity index (χ3v) is 4.18. The molecular formula is C18H17N3O2. The smallest absolute Gasteiger partial charge is 0.249 e. The van der Waals surface area contributed by atoms with Crippen molar-refractivity contribution in [3.8, 4) is 17.1 Å². The van der Waals surface area contributed by atoms with Gasteiger partial charge in [-0.1, -0.05) is 35.5 Å². The largest absolute Gasteiger partial charge is 0.496 e. The number of nitrogens with zero attached hydrogens (tertiary/aromatic N) is 2. The van der Waals surface area contributed by atoms with Crippen molar-refractivity contribution in [2.24, 2.45) is 0 Å². The van der Waals surface area contributed by atoms with Crippen LogP contribution in [-0.2, 0) is 6.42 Å². The SMILES string of the molecule is COc1cc(-c2noc(C3Cc4ccccc4N3)n2)ccc1C. The van der Waals surface area contributed by atoms with Gasteiger partial charge in [0, 0.05) is 17.7 Å². The number of methoxy groups -OCH3 is 1. The molecule has 0 aliphatic carbocycles. The van der Waals surface area contributed by atoms with Crippen LogP contribution in [0.2, 0.25) is 0 Å². The number of hydrogen-bond acceptors (Lipinski definition) is 5. The summed E-state index contributed by atoms with van der Waals surface area (Å²) in [7, 11) is 1.66. The summed E-state index contributed by atoms with van der Waals surface area (Å²) < 4.78 is 10.8. The molecule has 0 amide bonds. The van der Waals surface area contributed by atoms with Gasteiger partial charge in [0.25, 0.3) is 0 Å². The van der Waals surface area contributed by atoms with Gasteiger partial charge in [0.1, 0.15) is 11.8 Å². The van der Waals surface area contributed by atoms with E-state index in [1.807, 2.05) is 37.3 Å². The van der Waals surface area contributed by atoms with E-state index in [1.165, 1.54) is 5.56 Å². The summed E-state index contributed by atoms with van der Waals surface area (Å²) in [6.45, 7) is 2.00. The first-order chi connectivity index (χ1) is 11.2. The standard InChI is InChI=1S/C18H17N3O2/c1-11-7-8-13(10-16(11)22-2)17-20-18(23-21-17)15-9-12-5-3-4-6-14(12)19-15/h3-8,10,15,19H,9H2,1-2H3. The predicted molar refractivity (Wildman–Crippen MR) is 87.5 cm³/mol. The molecule has 0 fully saturated rings. The number of fused-ring (bicyclic) bond motifs is 1. The molecule has 0 saturated carbocycles. The topological polar surface area (TPSA) is 60.2 Å². The Balaban J connectivity index is 1.61. The Bertz CT molecular complexity index is 832. The van der Waals surface area contributed by atoms with Crippen molar-refractivity contribution in [2.45, 2.75) is 19.4 Å². The monoisotopic (exact) mass is 307 g/mol. The minimum Gasteiger partial charge on any atom is -0.496 e. The molecule has 0 bridgehead atoms. The molecule has 1 aromatic heterocycles. The van der Waals surface area contributed by atoms with Crippen LogP contribution in [0.3, 0.4) is 0 Å². The van der Waals surface area contributed by atoms with Crippen LogP contribution in [0.1, 0.15) is 23.1 Å². The maximum Gasteiger partial charge on any atom is 0.249 e. The summed E-state index contributed by atoms with van der Waals surface area (Å²) in [5.74, 6) is 2.01. The number of hydrogen-bond donors (Lipinski definition) is 1. The molecule has 1 aliphatic rings. The van der Waals surface area contributed by atoms with E-state index in [0.717, 1.165) is 29.0 Å². The van der Waals surface area contributed by atoms with Crippen molar-refractivity contribution in [3.05, 3.63) is 59.5 Å². The third-order valence-electron chi connectivity index (χ3n) is 4.18. The molecule has 5 nitrogen and oxygen atoms in total. The first-order valence-electron chi connectivity index (χ1n) is 7.57. The molecule has 2 aromatic carbocycles. The second-order valence-electron chi connectivity index (χ2n) is 5.70. The molecule has 1 aliphatic heterocycles. The Morgan fingerprint density at radius 1 is 1.22 bits per heavy atom. The summed E-state index contributed by atoms with van der Waals surface area (Å²) >= 11 is 0. The van der Waals surface area contributed by atoms with E-state index in [1.54, 1.807) is 7.11 Å². The van der Waals surface area contributed by atoms with Crippen molar-refractivity contribution in [3.63, 3.8) is 0 Å². The zero-order valence-electron chi connectivity index (χ0n) is 13.0. The van der Waals surface area contributed by atoms with Gasteiger partial charge < -0.3 is 14.6 Å². The van der Waals surface area contributed by atoms with Crippen molar-refractivity contribution in [1.82, 2.24) is 10.1 Å². The van der Waals surface area contributed by atoms with Crippen LogP contribution in [0, 0.1) is 6.92 Å². The molecule has 3 aromatic rings. The highest BCUT2D eigenvalue weighted by molar-refractivity contribution is 5.60. The molecule has 2 heterocycles. The van der Waals surface area contributed by atoms with E-state index < -0.39 is 0 Å². The van der Waals surface area contributed by atoms with Gasteiger partial charge in [0.15, 0.2) is 0 Å². The van der Waals surface area contributed by atoms with Crippen molar-refractivity contribution in [2.75, 3.05) is 12.4 Å². The molecule has 1 atom stereocenters. The van der Waals surface area contributed by atoms with Crippen molar-refractivity contribution >= 4 is 5.69 Å². The molecule has 4 rings (SSSR count). The number of anilines is 1. The highest BCUT2D eigenvalue weighted by Gasteiger charge is 2.26. The molecule has 0 saturated heterocycles. The Morgan fingerprint density at radius 3 is 2.91 bits per heavy atom. The summed E-state index contributed by atoms with van der Waals surface area (Å²) in [6, 6.07) is 14.2. The van der Waals surface area contributed by atoms with E-state index in [2.05, 4.69) is 27.6 Å². The number of para-hydroxylation sites is 1. The van der Waals surface area contributed by atoms with E-state index >= 15 is 0 Å². The molecule has 1 N–H and O–H groups in total. The van der Waals surface area contributed by atoms with Gasteiger partial charge in [-0.3, -0.25) is 0 Å². The molecule has 23 heavy (non-hydrogen) atoms. The lowest BCUT2D eigenvalue weighted by Gasteiger charge is -2.05. The second-order valence-corrected chi connectivity index (χ2v) is 5.70. The fourth-order valence-corrected chi connectivity index (χ4v) is 2.90. The van der Waals surface area contributed by atoms with Gasteiger partial charge in [0.2, 0.25) is 11.7 Å². The number of rotatable bonds is 3. The van der Waals surface area contributed by atoms with Gasteiger partial charge in [-0.25, -0.2) is 0 Å². The molecule has 1 unspecified atom stereocenters. The molecule has 5 heteroatoms. The van der Waals surface area contributed by atoms with Crippen LogP contribution in [0.15, 0.2) is 47.0 Å². The Morgan fingerprint density at radius 2 is 2.09 bits per heavy atom. The number of aryl methyl sites for hydroxylation is 1. The van der Waals surface area contributed by atoms with E-state index in [4.69, 9.17) is 9.26 Å². The summed E-state index contributed by atoms with van der Waals surface area (Å²) in [6.07, 6.45) is 0.856.